The molecule has 0 atom stereocenters. The van der Waals surface area contributed by atoms with Crippen LogP contribution in [0.25, 0.3) is 89.8 Å². The van der Waals surface area contributed by atoms with Gasteiger partial charge in [-0.3, -0.25) is 0 Å². The van der Waals surface area contributed by atoms with Gasteiger partial charge in [-0.25, -0.2) is 19.9 Å². The third-order valence-electron chi connectivity index (χ3n) is 8.17. The van der Waals surface area contributed by atoms with Crippen molar-refractivity contribution < 1.29 is 8.83 Å². The molecule has 6 aromatic carbocycles. The van der Waals surface area contributed by atoms with Gasteiger partial charge in [0.1, 0.15) is 16.7 Å². The Bertz CT molecular complexity index is 2480. The highest BCUT2D eigenvalue weighted by Gasteiger charge is 2.16. The summed E-state index contributed by atoms with van der Waals surface area (Å²) in [6, 6.07) is 48.4. The van der Waals surface area contributed by atoms with E-state index in [1.807, 2.05) is 109 Å². The first-order valence-electron chi connectivity index (χ1n) is 15.1. The zero-order valence-electron chi connectivity index (χ0n) is 24.5. The van der Waals surface area contributed by atoms with Crippen molar-refractivity contribution in [2.24, 2.45) is 0 Å². The van der Waals surface area contributed by atoms with Gasteiger partial charge in [-0.1, -0.05) is 109 Å². The highest BCUT2D eigenvalue weighted by atomic mass is 16.3. The fraction of sp³-hybridized carbons (Fsp3) is 0. The van der Waals surface area contributed by atoms with Crippen LogP contribution in [0, 0.1) is 0 Å². The molecule has 0 spiro atoms. The van der Waals surface area contributed by atoms with Gasteiger partial charge in [-0.15, -0.1) is 0 Å². The highest BCUT2D eigenvalue weighted by Crippen LogP contribution is 2.37. The maximum atomic E-state index is 6.37. The van der Waals surface area contributed by atoms with E-state index < -0.39 is 0 Å². The van der Waals surface area contributed by atoms with E-state index in [9.17, 15) is 0 Å². The summed E-state index contributed by atoms with van der Waals surface area (Å²) < 4.78 is 12.7. The van der Waals surface area contributed by atoms with Gasteiger partial charge in [0, 0.05) is 38.6 Å². The molecule has 0 saturated carbocycles. The number of aromatic nitrogens is 4. The van der Waals surface area contributed by atoms with E-state index >= 15 is 0 Å². The molecule has 6 nitrogen and oxygen atoms in total. The predicted molar refractivity (Wildman–Crippen MR) is 182 cm³/mol. The molecule has 9 aromatic rings. The van der Waals surface area contributed by atoms with Crippen molar-refractivity contribution in [3.63, 3.8) is 0 Å². The lowest BCUT2D eigenvalue weighted by atomic mass is 10.0. The summed E-state index contributed by atoms with van der Waals surface area (Å²) >= 11 is 0. The summed E-state index contributed by atoms with van der Waals surface area (Å²) in [5, 5.41) is 2.20. The molecule has 0 aliphatic carbocycles. The molecule has 9 rings (SSSR count). The highest BCUT2D eigenvalue weighted by molar-refractivity contribution is 6.09. The van der Waals surface area contributed by atoms with E-state index in [0.29, 0.717) is 28.9 Å². The monoisotopic (exact) mass is 592 g/mol. The van der Waals surface area contributed by atoms with Crippen molar-refractivity contribution >= 4 is 33.0 Å². The van der Waals surface area contributed by atoms with Crippen LogP contribution in [0.2, 0.25) is 0 Å². The van der Waals surface area contributed by atoms with Crippen LogP contribution in [-0.2, 0) is 0 Å². The van der Waals surface area contributed by atoms with Gasteiger partial charge in [0.05, 0.1) is 0 Å². The Balaban J connectivity index is 1.12. The molecule has 0 saturated heterocycles. The molecule has 6 heteroatoms. The first-order valence-corrected chi connectivity index (χ1v) is 15.1. The number of oxazole rings is 1. The minimum atomic E-state index is 0.538. The summed E-state index contributed by atoms with van der Waals surface area (Å²) in [5.74, 6) is 2.32. The van der Waals surface area contributed by atoms with Crippen molar-refractivity contribution in [1.29, 1.82) is 0 Å². The Labute approximate surface area is 263 Å². The van der Waals surface area contributed by atoms with Gasteiger partial charge in [0.15, 0.2) is 23.1 Å². The van der Waals surface area contributed by atoms with Crippen molar-refractivity contribution in [1.82, 2.24) is 19.9 Å². The second kappa shape index (κ2) is 10.6. The van der Waals surface area contributed by atoms with Crippen LogP contribution in [0.4, 0.5) is 0 Å². The Morgan fingerprint density at radius 1 is 0.370 bits per heavy atom. The van der Waals surface area contributed by atoms with Crippen molar-refractivity contribution in [2.75, 3.05) is 0 Å². The third-order valence-corrected chi connectivity index (χ3v) is 8.17. The van der Waals surface area contributed by atoms with Crippen molar-refractivity contribution in [2.45, 2.75) is 0 Å². The molecule has 3 heterocycles. The number of hydrogen-bond acceptors (Lipinski definition) is 6. The normalized spacial score (nSPS) is 11.5. The molecule has 3 aromatic heterocycles. The second-order valence-corrected chi connectivity index (χ2v) is 11.1. The van der Waals surface area contributed by atoms with Crippen LogP contribution >= 0.6 is 0 Å². The van der Waals surface area contributed by atoms with Gasteiger partial charge >= 0.3 is 0 Å². The molecule has 0 aliphatic rings. The Hall–Kier alpha value is -6.40. The first-order chi connectivity index (χ1) is 22.8. The number of fused-ring (bicyclic) bond motifs is 4. The maximum absolute atomic E-state index is 6.37. The molecule has 216 valence electrons. The van der Waals surface area contributed by atoms with Crippen LogP contribution in [0.3, 0.4) is 0 Å². The van der Waals surface area contributed by atoms with Crippen LogP contribution in [0.1, 0.15) is 0 Å². The Morgan fingerprint density at radius 3 is 1.74 bits per heavy atom. The molecule has 0 radical (unpaired) electrons. The number of benzene rings is 6. The SMILES string of the molecule is c1ccc(-c2nc(-c3ccccc3)nc(-c3ccc4nc(-c5cccc(-c6cccc7c6oc6ccccc67)c5)oc4c3)n2)cc1. The molecule has 0 N–H and O–H groups in total. The summed E-state index contributed by atoms with van der Waals surface area (Å²) in [6.45, 7) is 0. The summed E-state index contributed by atoms with van der Waals surface area (Å²) in [5.41, 5.74) is 8.73. The lowest BCUT2D eigenvalue weighted by Crippen LogP contribution is -2.00. The molecule has 0 fully saturated rings. The van der Waals surface area contributed by atoms with Gasteiger partial charge in [-0.05, 0) is 42.0 Å². The fourth-order valence-corrected chi connectivity index (χ4v) is 5.92. The van der Waals surface area contributed by atoms with Gasteiger partial charge in [0.25, 0.3) is 0 Å². The molecule has 0 unspecified atom stereocenters. The largest absolute Gasteiger partial charge is 0.455 e. The standard InChI is InChI=1S/C40H24N4O2/c1-3-11-25(12-4-1)37-42-38(26-13-5-2-6-14-26)44-39(43-37)28-21-22-33-35(24-28)46-40(41-33)29-16-9-15-27(23-29)30-18-10-19-32-31-17-7-8-20-34(31)45-36(30)32/h1-24H. The van der Waals surface area contributed by atoms with Crippen LogP contribution < -0.4 is 0 Å². The van der Waals surface area contributed by atoms with E-state index in [4.69, 9.17) is 28.8 Å². The minimum absolute atomic E-state index is 0.538. The molecule has 0 amide bonds. The molecule has 0 aliphatic heterocycles. The van der Waals surface area contributed by atoms with E-state index in [1.54, 1.807) is 0 Å². The average Bonchev–Trinajstić information content (AvgIpc) is 3.74. The summed E-state index contributed by atoms with van der Waals surface area (Å²) in [4.78, 5) is 19.4. The lowest BCUT2D eigenvalue weighted by Gasteiger charge is -2.08. The summed E-state index contributed by atoms with van der Waals surface area (Å²) in [7, 11) is 0. The zero-order chi connectivity index (χ0) is 30.5. The Morgan fingerprint density at radius 2 is 0.978 bits per heavy atom. The van der Waals surface area contributed by atoms with Crippen LogP contribution in [-0.4, -0.2) is 19.9 Å². The lowest BCUT2D eigenvalue weighted by molar-refractivity contribution is 0.620. The number of nitrogens with zero attached hydrogens (tertiary/aromatic N) is 4. The number of rotatable bonds is 5. The third kappa shape index (κ3) is 4.52. The van der Waals surface area contributed by atoms with E-state index in [1.165, 1.54) is 0 Å². The molecule has 0 bridgehead atoms. The van der Waals surface area contributed by atoms with Crippen LogP contribution in [0.5, 0.6) is 0 Å². The number of hydrogen-bond donors (Lipinski definition) is 0. The average molecular weight is 593 g/mol. The zero-order valence-corrected chi connectivity index (χ0v) is 24.5. The molecule has 46 heavy (non-hydrogen) atoms. The number of furan rings is 1. The molecular weight excluding hydrogens is 568 g/mol. The van der Waals surface area contributed by atoms with E-state index in [0.717, 1.165) is 60.8 Å². The van der Waals surface area contributed by atoms with E-state index in [-0.39, 0.29) is 0 Å². The van der Waals surface area contributed by atoms with Crippen molar-refractivity contribution in [3.8, 4) is 56.7 Å². The van der Waals surface area contributed by atoms with Gasteiger partial charge < -0.3 is 8.83 Å². The van der Waals surface area contributed by atoms with Crippen LogP contribution in [0.15, 0.2) is 154 Å². The van der Waals surface area contributed by atoms with E-state index in [2.05, 4.69) is 36.4 Å². The minimum Gasteiger partial charge on any atom is -0.455 e. The van der Waals surface area contributed by atoms with Crippen molar-refractivity contribution in [3.05, 3.63) is 146 Å². The maximum Gasteiger partial charge on any atom is 0.227 e. The smallest absolute Gasteiger partial charge is 0.227 e. The second-order valence-electron chi connectivity index (χ2n) is 11.1. The first kappa shape index (κ1) is 26.0. The quantitative estimate of drug-likeness (QED) is 0.198. The Kier molecular flexibility index (Phi) is 6.03. The predicted octanol–water partition coefficient (Wildman–Crippen LogP) is 10.2. The summed E-state index contributed by atoms with van der Waals surface area (Å²) in [6.07, 6.45) is 0. The molecular formula is C40H24N4O2. The number of para-hydroxylation sites is 2. The fourth-order valence-electron chi connectivity index (χ4n) is 5.92. The van der Waals surface area contributed by atoms with Gasteiger partial charge in [0.2, 0.25) is 5.89 Å². The topological polar surface area (TPSA) is 77.8 Å². The van der Waals surface area contributed by atoms with Gasteiger partial charge in [-0.2, -0.15) is 0 Å².